The highest BCUT2D eigenvalue weighted by Gasteiger charge is 2.32. The van der Waals surface area contributed by atoms with Gasteiger partial charge in [-0.1, -0.05) is 24.3 Å². The second-order valence-corrected chi connectivity index (χ2v) is 9.10. The van der Waals surface area contributed by atoms with Gasteiger partial charge in [0.1, 0.15) is 12.1 Å². The van der Waals surface area contributed by atoms with Crippen molar-refractivity contribution in [2.24, 2.45) is 0 Å². The maximum Gasteiger partial charge on any atom is 0.221 e. The Hall–Kier alpha value is -4.99. The number of carbonyl (C=O) groups is 1. The van der Waals surface area contributed by atoms with Gasteiger partial charge in [-0.25, -0.2) is 4.98 Å². The maximum absolute atomic E-state index is 12.1. The average Bonchev–Trinajstić information content (AvgIpc) is 2.96. The zero-order chi connectivity index (χ0) is 27.4. The molecule has 0 bridgehead atoms. The molecule has 3 heterocycles. The lowest BCUT2D eigenvalue weighted by atomic mass is 9.87. The fraction of sp³-hybridized carbons (Fsp3) is 0.207. The minimum Gasteiger partial charge on any atom is -0.493 e. The molecule has 1 aliphatic rings. The second-order valence-electron chi connectivity index (χ2n) is 9.10. The molecule has 4 N–H and O–H groups in total. The molecule has 2 aromatic heterocycles. The van der Waals surface area contributed by atoms with E-state index >= 15 is 0 Å². The van der Waals surface area contributed by atoms with E-state index < -0.39 is 0 Å². The van der Waals surface area contributed by atoms with Crippen molar-refractivity contribution in [1.29, 1.82) is 0 Å². The normalized spacial score (nSPS) is 15.0. The minimum atomic E-state index is -0.197. The largest absolute Gasteiger partial charge is 0.493 e. The third kappa shape index (κ3) is 5.08. The van der Waals surface area contributed by atoms with Crippen molar-refractivity contribution in [2.75, 3.05) is 32.2 Å². The van der Waals surface area contributed by atoms with Crippen LogP contribution in [-0.2, 0) is 17.6 Å². The van der Waals surface area contributed by atoms with E-state index in [0.29, 0.717) is 41.5 Å². The lowest BCUT2D eigenvalue weighted by Crippen LogP contribution is -2.35. The summed E-state index contributed by atoms with van der Waals surface area (Å²) in [7, 11) is 3.17. The fourth-order valence-electron chi connectivity index (χ4n) is 5.16. The lowest BCUT2D eigenvalue weighted by molar-refractivity contribution is -0.104. The van der Waals surface area contributed by atoms with Crippen molar-refractivity contribution in [3.63, 3.8) is 0 Å². The first kappa shape index (κ1) is 25.7. The predicted octanol–water partition coefficient (Wildman–Crippen LogP) is 3.23. The van der Waals surface area contributed by atoms with E-state index in [1.807, 2.05) is 30.3 Å². The Morgan fingerprint density at radius 2 is 1.95 bits per heavy atom. The van der Waals surface area contributed by atoms with Crippen molar-refractivity contribution in [3.8, 4) is 11.5 Å². The molecular weight excluding hydrogens is 494 g/mol. The number of benzene rings is 2. The maximum atomic E-state index is 12.1. The van der Waals surface area contributed by atoms with Crippen molar-refractivity contribution >= 4 is 23.7 Å². The number of allylic oxidation sites excluding steroid dienone is 1. The van der Waals surface area contributed by atoms with Crippen LogP contribution in [0.2, 0.25) is 0 Å². The molecule has 1 aliphatic heterocycles. The highest BCUT2D eigenvalue weighted by Crippen LogP contribution is 2.44. The van der Waals surface area contributed by atoms with Crippen molar-refractivity contribution in [3.05, 3.63) is 101 Å². The molecule has 0 spiro atoms. The van der Waals surface area contributed by atoms with E-state index in [0.717, 1.165) is 35.0 Å². The Labute approximate surface area is 226 Å². The average molecular weight is 524 g/mol. The van der Waals surface area contributed by atoms with E-state index in [-0.39, 0.29) is 12.0 Å². The molecule has 1 atom stereocenters. The van der Waals surface area contributed by atoms with Crippen LogP contribution in [0.25, 0.3) is 5.70 Å². The van der Waals surface area contributed by atoms with Gasteiger partial charge in [0.05, 0.1) is 32.2 Å². The van der Waals surface area contributed by atoms with Crippen LogP contribution in [0, 0.1) is 0 Å². The number of hydrogen-bond donors (Lipinski definition) is 2. The summed E-state index contributed by atoms with van der Waals surface area (Å²) in [6.45, 7) is 0.665. The molecule has 0 amide bonds. The summed E-state index contributed by atoms with van der Waals surface area (Å²) in [5.74, 6) is 1.46. The Kier molecular flexibility index (Phi) is 7.35. The Bertz CT molecular complexity index is 1530. The van der Waals surface area contributed by atoms with Crippen LogP contribution in [0.1, 0.15) is 39.4 Å². The second kappa shape index (κ2) is 11.2. The predicted molar refractivity (Wildman–Crippen MR) is 148 cm³/mol. The summed E-state index contributed by atoms with van der Waals surface area (Å²) >= 11 is 0. The third-order valence-corrected chi connectivity index (χ3v) is 6.87. The summed E-state index contributed by atoms with van der Waals surface area (Å²) in [4.78, 5) is 22.5. The zero-order valence-corrected chi connectivity index (χ0v) is 21.7. The van der Waals surface area contributed by atoms with Crippen LogP contribution in [0.3, 0.4) is 0 Å². The SMILES string of the molecule is COc1cc(Cc2cnc(N)nc2N)cc(C(=CC=O)N2CCc3ccccc3C2c2ccnnc2)c1OC. The first-order valence-corrected chi connectivity index (χ1v) is 12.4. The van der Waals surface area contributed by atoms with Crippen LogP contribution in [0.5, 0.6) is 11.5 Å². The van der Waals surface area contributed by atoms with E-state index in [1.165, 1.54) is 5.56 Å². The lowest BCUT2D eigenvalue weighted by Gasteiger charge is -2.41. The molecule has 198 valence electrons. The molecule has 0 fully saturated rings. The number of aldehydes is 1. The van der Waals surface area contributed by atoms with Crippen LogP contribution < -0.4 is 20.9 Å². The molecule has 10 nitrogen and oxygen atoms in total. The number of methoxy groups -OCH3 is 2. The van der Waals surface area contributed by atoms with Crippen molar-refractivity contribution in [2.45, 2.75) is 18.9 Å². The quantitative estimate of drug-likeness (QED) is 0.261. The molecule has 39 heavy (non-hydrogen) atoms. The van der Waals surface area contributed by atoms with E-state index in [1.54, 1.807) is 38.9 Å². The van der Waals surface area contributed by atoms with Gasteiger partial charge in [0, 0.05) is 48.1 Å². The van der Waals surface area contributed by atoms with Gasteiger partial charge in [-0.05, 0) is 41.3 Å². The smallest absolute Gasteiger partial charge is 0.221 e. The highest BCUT2D eigenvalue weighted by atomic mass is 16.5. The summed E-state index contributed by atoms with van der Waals surface area (Å²) in [6.07, 6.45) is 8.64. The van der Waals surface area contributed by atoms with E-state index in [9.17, 15) is 4.79 Å². The van der Waals surface area contributed by atoms with Gasteiger partial charge in [0.15, 0.2) is 11.5 Å². The Morgan fingerprint density at radius 1 is 1.10 bits per heavy atom. The first-order chi connectivity index (χ1) is 19.0. The van der Waals surface area contributed by atoms with Crippen molar-refractivity contribution < 1.29 is 14.3 Å². The standard InChI is InChI=1S/C29H29N7O3/c1-38-25-15-18(13-21-16-32-29(31)35-28(21)30)14-23(27(25)39-2)24(9-12-37)36-11-8-19-5-3-4-6-22(19)26(36)20-7-10-33-34-17-20/h3-7,9-10,12,14-17,26H,8,11,13H2,1-2H3,(H4,30,31,32,35). The fourth-order valence-corrected chi connectivity index (χ4v) is 5.16. The number of nitrogens with zero attached hydrogens (tertiary/aromatic N) is 5. The van der Waals surface area contributed by atoms with E-state index in [2.05, 4.69) is 37.2 Å². The molecule has 1 unspecified atom stereocenters. The molecule has 5 rings (SSSR count). The van der Waals surface area contributed by atoms with Gasteiger partial charge >= 0.3 is 0 Å². The van der Waals surface area contributed by atoms with Crippen molar-refractivity contribution in [1.82, 2.24) is 25.1 Å². The summed E-state index contributed by atoms with van der Waals surface area (Å²) in [6, 6.07) is 13.9. The minimum absolute atomic E-state index is 0.113. The molecule has 0 saturated heterocycles. The van der Waals surface area contributed by atoms with Crippen LogP contribution in [0.15, 0.2) is 67.1 Å². The van der Waals surface area contributed by atoms with Crippen LogP contribution in [-0.4, -0.2) is 52.1 Å². The molecular formula is C29H29N7O3. The van der Waals surface area contributed by atoms with Crippen LogP contribution >= 0.6 is 0 Å². The number of nitrogens with two attached hydrogens (primary N) is 2. The molecule has 0 radical (unpaired) electrons. The first-order valence-electron chi connectivity index (χ1n) is 12.4. The molecule has 0 aliphatic carbocycles. The number of carbonyl (C=O) groups excluding carboxylic acids is 1. The van der Waals surface area contributed by atoms with Gasteiger partial charge in [-0.15, -0.1) is 0 Å². The highest BCUT2D eigenvalue weighted by molar-refractivity contribution is 5.84. The Balaban J connectivity index is 1.66. The Morgan fingerprint density at radius 3 is 2.67 bits per heavy atom. The van der Waals surface area contributed by atoms with Gasteiger partial charge in [0.2, 0.25) is 5.95 Å². The molecule has 0 saturated carbocycles. The van der Waals surface area contributed by atoms with Gasteiger partial charge in [-0.2, -0.15) is 15.2 Å². The number of aromatic nitrogens is 4. The summed E-state index contributed by atoms with van der Waals surface area (Å²) < 4.78 is 11.6. The number of fused-ring (bicyclic) bond motifs is 1. The number of anilines is 2. The van der Waals surface area contributed by atoms with E-state index in [4.69, 9.17) is 20.9 Å². The number of rotatable bonds is 8. The summed E-state index contributed by atoms with van der Waals surface area (Å²) in [5.41, 5.74) is 18.2. The molecule has 2 aromatic carbocycles. The monoisotopic (exact) mass is 523 g/mol. The topological polar surface area (TPSA) is 142 Å². The van der Waals surface area contributed by atoms with Gasteiger partial charge < -0.3 is 25.8 Å². The van der Waals surface area contributed by atoms with Gasteiger partial charge in [0.25, 0.3) is 0 Å². The van der Waals surface area contributed by atoms with Crippen LogP contribution in [0.4, 0.5) is 11.8 Å². The number of ether oxygens (including phenoxy) is 2. The molecule has 10 heteroatoms. The summed E-state index contributed by atoms with van der Waals surface area (Å²) in [5, 5.41) is 8.11. The third-order valence-electron chi connectivity index (χ3n) is 6.87. The molecule has 4 aromatic rings. The number of hydrogen-bond acceptors (Lipinski definition) is 10. The number of nitrogen functional groups attached to an aromatic ring is 2. The van der Waals surface area contributed by atoms with Gasteiger partial charge in [-0.3, -0.25) is 4.79 Å². The zero-order valence-electron chi connectivity index (χ0n) is 21.7.